The van der Waals surface area contributed by atoms with Gasteiger partial charge in [-0.25, -0.2) is 0 Å². The Bertz CT molecular complexity index is 132. The van der Waals surface area contributed by atoms with Gasteiger partial charge in [0, 0.05) is 13.0 Å². The SMILES string of the molecule is CCCCCC(N=O)=NCC. The maximum absolute atomic E-state index is 10.1. The molecule has 0 aliphatic heterocycles. The van der Waals surface area contributed by atoms with Crippen molar-refractivity contribution in [3.63, 3.8) is 0 Å². The van der Waals surface area contributed by atoms with Gasteiger partial charge in [0.2, 0.25) is 0 Å². The topological polar surface area (TPSA) is 41.8 Å². The minimum absolute atomic E-state index is 0.473. The van der Waals surface area contributed by atoms with Crippen molar-refractivity contribution in [2.24, 2.45) is 10.2 Å². The predicted molar refractivity (Wildman–Crippen MR) is 47.9 cm³/mol. The van der Waals surface area contributed by atoms with Crippen LogP contribution in [0.5, 0.6) is 0 Å². The number of unbranched alkanes of at least 4 members (excludes halogenated alkanes) is 2. The molecule has 0 aromatic rings. The van der Waals surface area contributed by atoms with Crippen LogP contribution in [0.15, 0.2) is 10.2 Å². The van der Waals surface area contributed by atoms with E-state index < -0.39 is 0 Å². The van der Waals surface area contributed by atoms with E-state index >= 15 is 0 Å². The molecule has 0 atom stereocenters. The lowest BCUT2D eigenvalue weighted by molar-refractivity contribution is 0.738. The number of aliphatic imine (C=N–C) groups is 1. The number of nitrogens with zero attached hydrogens (tertiary/aromatic N) is 2. The van der Waals surface area contributed by atoms with Gasteiger partial charge in [-0.3, -0.25) is 4.99 Å². The van der Waals surface area contributed by atoms with E-state index in [4.69, 9.17) is 0 Å². The summed E-state index contributed by atoms with van der Waals surface area (Å²) in [6.07, 6.45) is 4.09. The molecule has 0 amide bonds. The summed E-state index contributed by atoms with van der Waals surface area (Å²) in [6.45, 7) is 4.70. The minimum atomic E-state index is 0.473. The standard InChI is InChI=1S/C8H16N2O/c1-3-5-6-7-8(10-11)9-4-2/h3-7H2,1-2H3. The summed E-state index contributed by atoms with van der Waals surface area (Å²) in [4.78, 5) is 14.1. The summed E-state index contributed by atoms with van der Waals surface area (Å²) < 4.78 is 0. The van der Waals surface area contributed by atoms with Crippen LogP contribution in [0.3, 0.4) is 0 Å². The highest BCUT2D eigenvalue weighted by atomic mass is 16.3. The summed E-state index contributed by atoms with van der Waals surface area (Å²) >= 11 is 0. The normalized spacial score (nSPS) is 11.6. The van der Waals surface area contributed by atoms with Crippen LogP contribution in [-0.2, 0) is 0 Å². The third-order valence-electron chi connectivity index (χ3n) is 1.45. The van der Waals surface area contributed by atoms with Crippen LogP contribution in [0, 0.1) is 4.91 Å². The lowest BCUT2D eigenvalue weighted by atomic mass is 10.2. The lowest BCUT2D eigenvalue weighted by Gasteiger charge is -1.95. The first-order chi connectivity index (χ1) is 5.35. The van der Waals surface area contributed by atoms with E-state index in [-0.39, 0.29) is 0 Å². The number of nitroso groups, excluding NO2 is 1. The predicted octanol–water partition coefficient (Wildman–Crippen LogP) is 2.75. The Labute approximate surface area is 67.9 Å². The second kappa shape index (κ2) is 7.38. The molecule has 0 unspecified atom stereocenters. The molecule has 0 aromatic carbocycles. The molecular weight excluding hydrogens is 140 g/mol. The van der Waals surface area contributed by atoms with Crippen molar-refractivity contribution < 1.29 is 0 Å². The van der Waals surface area contributed by atoms with E-state index in [0.717, 1.165) is 25.7 Å². The Morgan fingerprint density at radius 1 is 1.27 bits per heavy atom. The van der Waals surface area contributed by atoms with Gasteiger partial charge >= 0.3 is 0 Å². The van der Waals surface area contributed by atoms with E-state index in [9.17, 15) is 4.91 Å². The van der Waals surface area contributed by atoms with Crippen molar-refractivity contribution in [3.8, 4) is 0 Å². The van der Waals surface area contributed by atoms with Crippen LogP contribution in [0.1, 0.15) is 39.5 Å². The van der Waals surface area contributed by atoms with Gasteiger partial charge in [-0.15, -0.1) is 4.91 Å². The van der Waals surface area contributed by atoms with Crippen molar-refractivity contribution in [1.29, 1.82) is 0 Å². The molecule has 0 radical (unpaired) electrons. The third kappa shape index (κ3) is 5.70. The molecule has 0 fully saturated rings. The molecule has 0 saturated carbocycles. The molecule has 0 spiro atoms. The van der Waals surface area contributed by atoms with Crippen molar-refractivity contribution in [3.05, 3.63) is 4.91 Å². The monoisotopic (exact) mass is 156 g/mol. The maximum atomic E-state index is 10.1. The molecule has 0 saturated heterocycles. The molecule has 0 aromatic heterocycles. The zero-order valence-electron chi connectivity index (χ0n) is 7.34. The summed E-state index contributed by atoms with van der Waals surface area (Å²) in [5.74, 6) is 0.473. The van der Waals surface area contributed by atoms with E-state index in [0.29, 0.717) is 12.4 Å². The summed E-state index contributed by atoms with van der Waals surface area (Å²) in [5, 5.41) is 2.85. The fourth-order valence-corrected chi connectivity index (χ4v) is 0.869. The van der Waals surface area contributed by atoms with Gasteiger partial charge in [0.05, 0.1) is 0 Å². The van der Waals surface area contributed by atoms with Gasteiger partial charge in [0.1, 0.15) is 0 Å². The van der Waals surface area contributed by atoms with Crippen molar-refractivity contribution in [2.75, 3.05) is 6.54 Å². The fraction of sp³-hybridized carbons (Fsp3) is 0.875. The molecule has 0 heterocycles. The highest BCUT2D eigenvalue weighted by Crippen LogP contribution is 2.01. The average molecular weight is 156 g/mol. The third-order valence-corrected chi connectivity index (χ3v) is 1.45. The molecule has 0 rings (SSSR count). The lowest BCUT2D eigenvalue weighted by Crippen LogP contribution is -1.93. The molecule has 0 aliphatic carbocycles. The van der Waals surface area contributed by atoms with Gasteiger partial charge in [-0.05, 0) is 18.5 Å². The Hall–Kier alpha value is -0.730. The van der Waals surface area contributed by atoms with Crippen molar-refractivity contribution in [1.82, 2.24) is 0 Å². The summed E-state index contributed by atoms with van der Waals surface area (Å²) in [6, 6.07) is 0. The summed E-state index contributed by atoms with van der Waals surface area (Å²) in [5.41, 5.74) is 0. The highest BCUT2D eigenvalue weighted by Gasteiger charge is 1.96. The largest absolute Gasteiger partial charge is 0.268 e. The Balaban J connectivity index is 3.52. The fourth-order valence-electron chi connectivity index (χ4n) is 0.869. The second-order valence-corrected chi connectivity index (χ2v) is 2.44. The van der Waals surface area contributed by atoms with E-state index in [1.807, 2.05) is 6.92 Å². The zero-order valence-corrected chi connectivity index (χ0v) is 7.34. The molecule has 0 N–H and O–H groups in total. The molecular formula is C8H16N2O. The number of amidine groups is 1. The zero-order chi connectivity index (χ0) is 8.53. The van der Waals surface area contributed by atoms with Crippen LogP contribution in [0.2, 0.25) is 0 Å². The first-order valence-corrected chi connectivity index (χ1v) is 4.21. The number of hydrogen-bond acceptors (Lipinski definition) is 2. The van der Waals surface area contributed by atoms with Gasteiger partial charge in [-0.2, -0.15) is 0 Å². The summed E-state index contributed by atoms with van der Waals surface area (Å²) in [7, 11) is 0. The van der Waals surface area contributed by atoms with E-state index in [2.05, 4.69) is 17.1 Å². The first kappa shape index (κ1) is 10.3. The molecule has 64 valence electrons. The van der Waals surface area contributed by atoms with Crippen LogP contribution in [0.25, 0.3) is 0 Å². The smallest absolute Gasteiger partial charge is 0.168 e. The van der Waals surface area contributed by atoms with E-state index in [1.165, 1.54) is 0 Å². The molecule has 3 heteroatoms. The highest BCUT2D eigenvalue weighted by molar-refractivity contribution is 5.82. The Morgan fingerprint density at radius 3 is 2.45 bits per heavy atom. The molecule has 11 heavy (non-hydrogen) atoms. The Morgan fingerprint density at radius 2 is 2.00 bits per heavy atom. The van der Waals surface area contributed by atoms with Gasteiger partial charge in [0.25, 0.3) is 0 Å². The Kier molecular flexibility index (Phi) is 6.89. The maximum Gasteiger partial charge on any atom is 0.168 e. The van der Waals surface area contributed by atoms with Gasteiger partial charge < -0.3 is 0 Å². The van der Waals surface area contributed by atoms with Crippen molar-refractivity contribution >= 4 is 5.84 Å². The molecule has 3 nitrogen and oxygen atoms in total. The van der Waals surface area contributed by atoms with Gasteiger partial charge in [0.15, 0.2) is 5.84 Å². The quantitative estimate of drug-likeness (QED) is 0.261. The van der Waals surface area contributed by atoms with Crippen molar-refractivity contribution in [2.45, 2.75) is 39.5 Å². The number of hydrogen-bond donors (Lipinski definition) is 0. The van der Waals surface area contributed by atoms with Gasteiger partial charge in [-0.1, -0.05) is 19.8 Å². The second-order valence-electron chi connectivity index (χ2n) is 2.44. The van der Waals surface area contributed by atoms with Crippen LogP contribution < -0.4 is 0 Å². The van der Waals surface area contributed by atoms with E-state index in [1.54, 1.807) is 0 Å². The first-order valence-electron chi connectivity index (χ1n) is 4.21. The molecule has 0 aliphatic rings. The number of rotatable bonds is 5. The minimum Gasteiger partial charge on any atom is -0.268 e. The average Bonchev–Trinajstić information content (AvgIpc) is 2.03. The van der Waals surface area contributed by atoms with Crippen LogP contribution in [0.4, 0.5) is 0 Å². The molecule has 0 bridgehead atoms. The van der Waals surface area contributed by atoms with Crippen LogP contribution in [-0.4, -0.2) is 12.4 Å². The van der Waals surface area contributed by atoms with Crippen LogP contribution >= 0.6 is 0 Å².